The summed E-state index contributed by atoms with van der Waals surface area (Å²) in [5, 5.41) is 6.47. The summed E-state index contributed by atoms with van der Waals surface area (Å²) >= 11 is 3.46. The van der Waals surface area contributed by atoms with Crippen LogP contribution in [0.4, 0.5) is 11.8 Å². The van der Waals surface area contributed by atoms with Crippen LogP contribution in [0.1, 0.15) is 34.1 Å². The molecular formula is C12H21BrN4. The molecule has 0 aliphatic carbocycles. The zero-order chi connectivity index (χ0) is 12.9. The van der Waals surface area contributed by atoms with E-state index in [1.807, 2.05) is 6.92 Å². The van der Waals surface area contributed by atoms with E-state index in [4.69, 9.17) is 0 Å². The van der Waals surface area contributed by atoms with Crippen LogP contribution in [-0.4, -0.2) is 23.1 Å². The Bertz CT molecular complexity index is 366. The van der Waals surface area contributed by atoms with Gasteiger partial charge in [0.1, 0.15) is 5.82 Å². The Morgan fingerprint density at radius 2 is 2.00 bits per heavy atom. The highest BCUT2D eigenvalue weighted by atomic mass is 79.9. The van der Waals surface area contributed by atoms with Crippen molar-refractivity contribution in [2.24, 2.45) is 5.41 Å². The van der Waals surface area contributed by atoms with E-state index in [2.05, 4.69) is 57.3 Å². The first-order valence-corrected chi connectivity index (χ1v) is 6.78. The van der Waals surface area contributed by atoms with Gasteiger partial charge in [0, 0.05) is 19.3 Å². The molecular weight excluding hydrogens is 280 g/mol. The van der Waals surface area contributed by atoms with Crippen LogP contribution in [0.15, 0.2) is 10.7 Å². The second-order valence-corrected chi connectivity index (χ2v) is 5.65. The third kappa shape index (κ3) is 4.50. The van der Waals surface area contributed by atoms with Crippen LogP contribution in [0.2, 0.25) is 0 Å². The Morgan fingerprint density at radius 3 is 2.59 bits per heavy atom. The molecule has 0 unspecified atom stereocenters. The van der Waals surface area contributed by atoms with Gasteiger partial charge in [-0.3, -0.25) is 0 Å². The van der Waals surface area contributed by atoms with Crippen molar-refractivity contribution in [1.29, 1.82) is 0 Å². The van der Waals surface area contributed by atoms with Gasteiger partial charge in [-0.25, -0.2) is 4.98 Å². The molecule has 1 aromatic heterocycles. The van der Waals surface area contributed by atoms with Crippen molar-refractivity contribution in [2.75, 3.05) is 23.7 Å². The van der Waals surface area contributed by atoms with Crippen LogP contribution in [-0.2, 0) is 0 Å². The van der Waals surface area contributed by atoms with E-state index in [0.717, 1.165) is 29.8 Å². The number of hydrogen-bond donors (Lipinski definition) is 2. The molecule has 96 valence electrons. The quantitative estimate of drug-likeness (QED) is 0.844. The normalized spacial score (nSPS) is 11.4. The summed E-state index contributed by atoms with van der Waals surface area (Å²) in [7, 11) is 0. The third-order valence-corrected chi connectivity index (χ3v) is 3.35. The molecule has 0 atom stereocenters. The first kappa shape index (κ1) is 14.2. The van der Waals surface area contributed by atoms with E-state index in [-0.39, 0.29) is 5.41 Å². The SMILES string of the molecule is CCNc1ncc(Br)c(NCC(C)(C)CC)n1. The predicted octanol–water partition coefficient (Wildman–Crippen LogP) is 3.52. The Kier molecular flexibility index (Phi) is 5.18. The topological polar surface area (TPSA) is 49.8 Å². The summed E-state index contributed by atoms with van der Waals surface area (Å²) in [4.78, 5) is 8.60. The number of anilines is 2. The van der Waals surface area contributed by atoms with Crippen molar-refractivity contribution in [3.8, 4) is 0 Å². The van der Waals surface area contributed by atoms with E-state index >= 15 is 0 Å². The molecule has 0 aromatic carbocycles. The van der Waals surface area contributed by atoms with Crippen LogP contribution >= 0.6 is 15.9 Å². The third-order valence-electron chi connectivity index (χ3n) is 2.77. The number of halogens is 1. The van der Waals surface area contributed by atoms with Gasteiger partial charge in [0.2, 0.25) is 5.95 Å². The van der Waals surface area contributed by atoms with E-state index in [1.165, 1.54) is 0 Å². The lowest BCUT2D eigenvalue weighted by atomic mass is 9.90. The maximum atomic E-state index is 4.42. The van der Waals surface area contributed by atoms with E-state index in [9.17, 15) is 0 Å². The molecule has 0 fully saturated rings. The predicted molar refractivity (Wildman–Crippen MR) is 76.5 cm³/mol. The zero-order valence-corrected chi connectivity index (χ0v) is 12.6. The van der Waals surface area contributed by atoms with E-state index in [1.54, 1.807) is 6.20 Å². The smallest absolute Gasteiger partial charge is 0.224 e. The minimum absolute atomic E-state index is 0.267. The average molecular weight is 301 g/mol. The Labute approximate surface area is 112 Å². The number of rotatable bonds is 6. The number of nitrogens with one attached hydrogen (secondary N) is 2. The van der Waals surface area contributed by atoms with Crippen molar-refractivity contribution in [1.82, 2.24) is 9.97 Å². The van der Waals surface area contributed by atoms with Gasteiger partial charge < -0.3 is 10.6 Å². The van der Waals surface area contributed by atoms with Gasteiger partial charge in [-0.15, -0.1) is 0 Å². The zero-order valence-electron chi connectivity index (χ0n) is 11.0. The molecule has 1 rings (SSSR count). The first-order chi connectivity index (χ1) is 7.98. The fraction of sp³-hybridized carbons (Fsp3) is 0.667. The standard InChI is InChI=1S/C12H21BrN4/c1-5-12(3,4)8-16-10-9(13)7-15-11(17-10)14-6-2/h7H,5-6,8H2,1-4H3,(H2,14,15,16,17). The lowest BCUT2D eigenvalue weighted by Crippen LogP contribution is -2.22. The van der Waals surface area contributed by atoms with E-state index in [0.29, 0.717) is 5.95 Å². The number of aromatic nitrogens is 2. The Hall–Kier alpha value is -0.840. The molecule has 0 amide bonds. The van der Waals surface area contributed by atoms with Gasteiger partial charge in [0.25, 0.3) is 0 Å². The fourth-order valence-corrected chi connectivity index (χ4v) is 1.51. The maximum Gasteiger partial charge on any atom is 0.224 e. The molecule has 0 aliphatic heterocycles. The molecule has 17 heavy (non-hydrogen) atoms. The molecule has 1 aromatic rings. The second-order valence-electron chi connectivity index (χ2n) is 4.79. The summed E-state index contributed by atoms with van der Waals surface area (Å²) in [6.07, 6.45) is 2.90. The summed E-state index contributed by atoms with van der Waals surface area (Å²) in [5.41, 5.74) is 0.267. The van der Waals surface area contributed by atoms with Gasteiger partial charge >= 0.3 is 0 Å². The van der Waals surface area contributed by atoms with Crippen molar-refractivity contribution < 1.29 is 0 Å². The van der Waals surface area contributed by atoms with Crippen LogP contribution in [0.3, 0.4) is 0 Å². The molecule has 0 aliphatic rings. The van der Waals surface area contributed by atoms with Crippen LogP contribution in [0.5, 0.6) is 0 Å². The largest absolute Gasteiger partial charge is 0.368 e. The van der Waals surface area contributed by atoms with Gasteiger partial charge in [0.15, 0.2) is 0 Å². The van der Waals surface area contributed by atoms with Crippen LogP contribution in [0, 0.1) is 5.41 Å². The van der Waals surface area contributed by atoms with Crippen molar-refractivity contribution >= 4 is 27.7 Å². The second kappa shape index (κ2) is 6.19. The molecule has 0 radical (unpaired) electrons. The van der Waals surface area contributed by atoms with Crippen molar-refractivity contribution in [3.63, 3.8) is 0 Å². The Balaban J connectivity index is 2.72. The highest BCUT2D eigenvalue weighted by Crippen LogP contribution is 2.24. The molecule has 5 heteroatoms. The first-order valence-electron chi connectivity index (χ1n) is 5.99. The summed E-state index contributed by atoms with van der Waals surface area (Å²) in [6.45, 7) is 10.4. The minimum Gasteiger partial charge on any atom is -0.368 e. The minimum atomic E-state index is 0.267. The highest BCUT2D eigenvalue weighted by molar-refractivity contribution is 9.10. The maximum absolute atomic E-state index is 4.42. The molecule has 4 nitrogen and oxygen atoms in total. The molecule has 0 bridgehead atoms. The molecule has 0 saturated carbocycles. The molecule has 1 heterocycles. The van der Waals surface area contributed by atoms with Crippen LogP contribution in [0.25, 0.3) is 0 Å². The highest BCUT2D eigenvalue weighted by Gasteiger charge is 2.15. The fourth-order valence-electron chi connectivity index (χ4n) is 1.18. The van der Waals surface area contributed by atoms with Crippen molar-refractivity contribution in [3.05, 3.63) is 10.7 Å². The van der Waals surface area contributed by atoms with Gasteiger partial charge in [0.05, 0.1) is 4.47 Å². The molecule has 0 saturated heterocycles. The number of hydrogen-bond acceptors (Lipinski definition) is 4. The van der Waals surface area contributed by atoms with Crippen LogP contribution < -0.4 is 10.6 Å². The van der Waals surface area contributed by atoms with Crippen molar-refractivity contribution in [2.45, 2.75) is 34.1 Å². The summed E-state index contributed by atoms with van der Waals surface area (Å²) < 4.78 is 0.894. The van der Waals surface area contributed by atoms with E-state index < -0.39 is 0 Å². The van der Waals surface area contributed by atoms with Gasteiger partial charge in [-0.1, -0.05) is 20.8 Å². The molecule has 2 N–H and O–H groups in total. The van der Waals surface area contributed by atoms with Gasteiger partial charge in [-0.05, 0) is 34.7 Å². The number of nitrogens with zero attached hydrogens (tertiary/aromatic N) is 2. The Morgan fingerprint density at radius 1 is 1.29 bits per heavy atom. The summed E-state index contributed by atoms with van der Waals surface area (Å²) in [5.74, 6) is 1.50. The average Bonchev–Trinajstić information content (AvgIpc) is 2.30. The van der Waals surface area contributed by atoms with Gasteiger partial charge in [-0.2, -0.15) is 4.98 Å². The lowest BCUT2D eigenvalue weighted by molar-refractivity contribution is 0.376. The lowest BCUT2D eigenvalue weighted by Gasteiger charge is -2.23. The molecule has 0 spiro atoms. The monoisotopic (exact) mass is 300 g/mol. The summed E-state index contributed by atoms with van der Waals surface area (Å²) in [6, 6.07) is 0.